The summed E-state index contributed by atoms with van der Waals surface area (Å²) in [5, 5.41) is 12.6. The predicted molar refractivity (Wildman–Crippen MR) is 77.8 cm³/mol. The third-order valence-electron chi connectivity index (χ3n) is 3.84. The van der Waals surface area contributed by atoms with Crippen LogP contribution in [0.5, 0.6) is 0 Å². The van der Waals surface area contributed by atoms with Gasteiger partial charge in [0.05, 0.1) is 11.4 Å². The van der Waals surface area contributed by atoms with Crippen LogP contribution in [-0.4, -0.2) is 22.6 Å². The zero-order valence-corrected chi connectivity index (χ0v) is 12.7. The Balaban J connectivity index is 3.04. The van der Waals surface area contributed by atoms with E-state index in [1.54, 1.807) is 13.0 Å². The molecule has 0 radical (unpaired) electrons. The summed E-state index contributed by atoms with van der Waals surface area (Å²) in [6.45, 7) is 13.0. The maximum absolute atomic E-state index is 11.3. The summed E-state index contributed by atoms with van der Waals surface area (Å²) in [4.78, 5) is 15.5. The number of nitrogens with zero attached hydrogens (tertiary/aromatic N) is 1. The second kappa shape index (κ2) is 5.59. The van der Waals surface area contributed by atoms with E-state index in [1.807, 2.05) is 6.92 Å². The van der Waals surface area contributed by atoms with Gasteiger partial charge >= 0.3 is 5.97 Å². The van der Waals surface area contributed by atoms with Crippen molar-refractivity contribution in [1.82, 2.24) is 4.98 Å². The van der Waals surface area contributed by atoms with Crippen LogP contribution in [0.3, 0.4) is 0 Å². The van der Waals surface area contributed by atoms with Gasteiger partial charge in [0, 0.05) is 12.2 Å². The van der Waals surface area contributed by atoms with Crippen LogP contribution in [0.15, 0.2) is 6.07 Å². The van der Waals surface area contributed by atoms with Crippen LogP contribution in [0.1, 0.15) is 49.4 Å². The van der Waals surface area contributed by atoms with Gasteiger partial charge in [-0.3, -0.25) is 4.98 Å². The average Bonchev–Trinajstić information content (AvgIpc) is 2.24. The number of carbonyl (C=O) groups is 1. The first-order valence-electron chi connectivity index (χ1n) is 6.60. The number of carboxylic acids is 1. The summed E-state index contributed by atoms with van der Waals surface area (Å²) in [5.74, 6) is -0.424. The maximum Gasteiger partial charge on any atom is 0.339 e. The Labute approximate surface area is 115 Å². The monoisotopic (exact) mass is 264 g/mol. The first kappa shape index (κ1) is 15.5. The molecule has 0 aliphatic heterocycles. The van der Waals surface area contributed by atoms with Crippen LogP contribution in [-0.2, 0) is 0 Å². The van der Waals surface area contributed by atoms with E-state index in [4.69, 9.17) is 0 Å². The summed E-state index contributed by atoms with van der Waals surface area (Å²) in [6.07, 6.45) is 0. The largest absolute Gasteiger partial charge is 0.478 e. The first-order chi connectivity index (χ1) is 8.65. The molecule has 0 spiro atoms. The van der Waals surface area contributed by atoms with Gasteiger partial charge in [-0.05, 0) is 31.2 Å². The average molecular weight is 264 g/mol. The molecule has 4 heteroatoms. The zero-order chi connectivity index (χ0) is 14.8. The number of anilines is 1. The van der Waals surface area contributed by atoms with Crippen molar-refractivity contribution in [2.45, 2.75) is 41.5 Å². The van der Waals surface area contributed by atoms with Gasteiger partial charge in [-0.1, -0.05) is 27.7 Å². The van der Waals surface area contributed by atoms with Crippen LogP contribution in [0.4, 0.5) is 5.69 Å². The minimum atomic E-state index is -0.935. The molecule has 1 heterocycles. The van der Waals surface area contributed by atoms with Crippen LogP contribution in [0.2, 0.25) is 0 Å². The fourth-order valence-electron chi connectivity index (χ4n) is 1.77. The quantitative estimate of drug-likeness (QED) is 0.854. The van der Waals surface area contributed by atoms with Crippen molar-refractivity contribution >= 4 is 11.7 Å². The highest BCUT2D eigenvalue weighted by Crippen LogP contribution is 2.28. The smallest absolute Gasteiger partial charge is 0.339 e. The van der Waals surface area contributed by atoms with Gasteiger partial charge in [0.15, 0.2) is 0 Å². The molecule has 0 saturated heterocycles. The second-order valence-corrected chi connectivity index (χ2v) is 6.07. The van der Waals surface area contributed by atoms with Gasteiger partial charge in [0.2, 0.25) is 0 Å². The molecule has 1 aromatic rings. The summed E-state index contributed by atoms with van der Waals surface area (Å²) in [6, 6.07) is 1.80. The molecular weight excluding hydrogens is 240 g/mol. The Hall–Kier alpha value is -1.58. The van der Waals surface area contributed by atoms with Crippen LogP contribution < -0.4 is 5.32 Å². The molecule has 0 fully saturated rings. The van der Waals surface area contributed by atoms with Gasteiger partial charge in [-0.2, -0.15) is 0 Å². The molecule has 19 heavy (non-hydrogen) atoms. The number of carboxylic acid groups (broad SMARTS) is 1. The van der Waals surface area contributed by atoms with Crippen LogP contribution >= 0.6 is 0 Å². The van der Waals surface area contributed by atoms with E-state index in [9.17, 15) is 9.90 Å². The maximum atomic E-state index is 11.3. The number of nitrogens with one attached hydrogen (secondary N) is 1. The summed E-state index contributed by atoms with van der Waals surface area (Å²) < 4.78 is 0. The van der Waals surface area contributed by atoms with Gasteiger partial charge in [-0.25, -0.2) is 4.79 Å². The molecular formula is C15H24N2O2. The van der Waals surface area contributed by atoms with Crippen molar-refractivity contribution in [3.05, 3.63) is 23.0 Å². The highest BCUT2D eigenvalue weighted by Gasteiger charge is 2.23. The lowest BCUT2D eigenvalue weighted by molar-refractivity contribution is 0.0696. The SMILES string of the molecule is Cc1cc(NCC(C)(C)C(C)C)c(C(=O)O)c(C)n1. The van der Waals surface area contributed by atoms with Crippen molar-refractivity contribution in [3.63, 3.8) is 0 Å². The molecule has 0 amide bonds. The van der Waals surface area contributed by atoms with Crippen molar-refractivity contribution in [3.8, 4) is 0 Å². The predicted octanol–water partition coefficient (Wildman–Crippen LogP) is 3.49. The van der Waals surface area contributed by atoms with Crippen molar-refractivity contribution < 1.29 is 9.90 Å². The first-order valence-corrected chi connectivity index (χ1v) is 6.60. The molecule has 106 valence electrons. The Kier molecular flexibility index (Phi) is 4.56. The van der Waals surface area contributed by atoms with E-state index < -0.39 is 5.97 Å². The topological polar surface area (TPSA) is 62.2 Å². The Morgan fingerprint density at radius 2 is 2.00 bits per heavy atom. The molecule has 1 aromatic heterocycles. The third-order valence-corrected chi connectivity index (χ3v) is 3.84. The van der Waals surface area contributed by atoms with E-state index >= 15 is 0 Å². The van der Waals surface area contributed by atoms with Gasteiger partial charge in [-0.15, -0.1) is 0 Å². The van der Waals surface area contributed by atoms with Crippen molar-refractivity contribution in [2.75, 3.05) is 11.9 Å². The molecule has 0 aliphatic carbocycles. The number of aromatic carboxylic acids is 1. The fourth-order valence-corrected chi connectivity index (χ4v) is 1.77. The lowest BCUT2D eigenvalue weighted by atomic mass is 9.81. The molecule has 0 aliphatic rings. The highest BCUT2D eigenvalue weighted by molar-refractivity contribution is 5.95. The van der Waals surface area contributed by atoms with E-state index in [1.165, 1.54) is 0 Å². The number of rotatable bonds is 5. The minimum Gasteiger partial charge on any atom is -0.478 e. The van der Waals surface area contributed by atoms with Gasteiger partial charge in [0.25, 0.3) is 0 Å². The Bertz CT molecular complexity index is 479. The number of hydrogen-bond donors (Lipinski definition) is 2. The minimum absolute atomic E-state index is 0.0981. The Morgan fingerprint density at radius 3 is 2.47 bits per heavy atom. The molecule has 0 bridgehead atoms. The highest BCUT2D eigenvalue weighted by atomic mass is 16.4. The second-order valence-electron chi connectivity index (χ2n) is 6.07. The normalized spacial score (nSPS) is 11.7. The molecule has 0 atom stereocenters. The summed E-state index contributed by atoms with van der Waals surface area (Å²) >= 11 is 0. The number of pyridine rings is 1. The van der Waals surface area contributed by atoms with Crippen molar-refractivity contribution in [2.24, 2.45) is 11.3 Å². The summed E-state index contributed by atoms with van der Waals surface area (Å²) in [7, 11) is 0. The van der Waals surface area contributed by atoms with E-state index in [0.717, 1.165) is 12.2 Å². The Morgan fingerprint density at radius 1 is 1.42 bits per heavy atom. The lowest BCUT2D eigenvalue weighted by Gasteiger charge is -2.30. The molecule has 2 N–H and O–H groups in total. The number of aryl methyl sites for hydroxylation is 2. The van der Waals surface area contributed by atoms with Gasteiger partial charge in [0.1, 0.15) is 5.56 Å². The molecule has 0 unspecified atom stereocenters. The molecule has 0 aromatic carbocycles. The summed E-state index contributed by atoms with van der Waals surface area (Å²) in [5.41, 5.74) is 2.40. The molecule has 0 saturated carbocycles. The number of aromatic nitrogens is 1. The van der Waals surface area contributed by atoms with Gasteiger partial charge < -0.3 is 10.4 Å². The van der Waals surface area contributed by atoms with Crippen LogP contribution in [0, 0.1) is 25.2 Å². The molecule has 1 rings (SSSR count). The van der Waals surface area contributed by atoms with Crippen molar-refractivity contribution in [1.29, 1.82) is 0 Å². The molecule has 4 nitrogen and oxygen atoms in total. The van der Waals surface area contributed by atoms with E-state index in [2.05, 4.69) is 38.0 Å². The zero-order valence-electron chi connectivity index (χ0n) is 12.7. The van der Waals surface area contributed by atoms with Crippen LogP contribution in [0.25, 0.3) is 0 Å². The van der Waals surface area contributed by atoms with E-state index in [0.29, 0.717) is 17.3 Å². The van der Waals surface area contributed by atoms with E-state index in [-0.39, 0.29) is 11.0 Å². The fraction of sp³-hybridized carbons (Fsp3) is 0.600. The standard InChI is InChI=1S/C15H24N2O2/c1-9(2)15(5,6)8-16-12-7-10(3)17-11(4)13(12)14(18)19/h7,9H,8H2,1-6H3,(H,16,17)(H,18,19). The lowest BCUT2D eigenvalue weighted by Crippen LogP contribution is -2.29. The number of hydrogen-bond acceptors (Lipinski definition) is 3. The third kappa shape index (κ3) is 3.69.